The Morgan fingerprint density at radius 3 is 2.84 bits per heavy atom. The highest BCUT2D eigenvalue weighted by atomic mass is 16.2. The maximum Gasteiger partial charge on any atom is 0.272 e. The molecule has 1 aromatic rings. The fourth-order valence-electron chi connectivity index (χ4n) is 2.20. The largest absolute Gasteiger partial charge is 0.337 e. The van der Waals surface area contributed by atoms with Crippen LogP contribution in [0.3, 0.4) is 0 Å². The van der Waals surface area contributed by atoms with E-state index < -0.39 is 0 Å². The number of amides is 1. The Hall–Kier alpha value is -1.86. The molecule has 1 aromatic heterocycles. The summed E-state index contributed by atoms with van der Waals surface area (Å²) in [5.74, 6) is 5.66. The van der Waals surface area contributed by atoms with Gasteiger partial charge in [0, 0.05) is 24.8 Å². The first-order chi connectivity index (χ1) is 9.02. The van der Waals surface area contributed by atoms with E-state index in [-0.39, 0.29) is 11.3 Å². The molecule has 2 rings (SSSR count). The number of hydrogen-bond donors (Lipinski definition) is 1. The molecule has 2 heterocycles. The second kappa shape index (κ2) is 5.41. The number of hydrogen-bond acceptors (Lipinski definition) is 3. The molecule has 1 saturated heterocycles. The summed E-state index contributed by atoms with van der Waals surface area (Å²) >= 11 is 0. The van der Waals surface area contributed by atoms with Gasteiger partial charge in [-0.05, 0) is 24.0 Å². The van der Waals surface area contributed by atoms with E-state index >= 15 is 0 Å². The van der Waals surface area contributed by atoms with E-state index in [1.807, 2.05) is 11.0 Å². The Kier molecular flexibility index (Phi) is 3.87. The molecule has 0 radical (unpaired) electrons. The molecule has 1 amide bonds. The molecule has 1 fully saturated rings. The van der Waals surface area contributed by atoms with E-state index in [9.17, 15) is 4.79 Å². The first-order valence-corrected chi connectivity index (χ1v) is 6.46. The van der Waals surface area contributed by atoms with Gasteiger partial charge in [0.1, 0.15) is 5.69 Å². The van der Waals surface area contributed by atoms with Gasteiger partial charge in [0.25, 0.3) is 5.91 Å². The van der Waals surface area contributed by atoms with Crippen LogP contribution in [0.5, 0.6) is 0 Å². The third-order valence-electron chi connectivity index (χ3n) is 3.28. The maximum atomic E-state index is 12.3. The quantitative estimate of drug-likeness (QED) is 0.771. The number of nitrogens with zero attached hydrogens (tertiary/aromatic N) is 2. The van der Waals surface area contributed by atoms with Crippen LogP contribution in [0.15, 0.2) is 18.3 Å². The van der Waals surface area contributed by atoms with Crippen LogP contribution in [0.4, 0.5) is 0 Å². The van der Waals surface area contributed by atoms with E-state index in [0.29, 0.717) is 12.2 Å². The number of carbonyl (C=O) groups is 1. The lowest BCUT2D eigenvalue weighted by Crippen LogP contribution is -2.30. The monoisotopic (exact) mass is 257 g/mol. The molecule has 2 N–H and O–H groups in total. The second-order valence-corrected chi connectivity index (χ2v) is 5.58. The van der Waals surface area contributed by atoms with Gasteiger partial charge in [-0.1, -0.05) is 25.7 Å². The molecule has 4 heteroatoms. The Morgan fingerprint density at radius 2 is 2.32 bits per heavy atom. The van der Waals surface area contributed by atoms with Gasteiger partial charge in [-0.25, -0.2) is 4.98 Å². The van der Waals surface area contributed by atoms with Gasteiger partial charge < -0.3 is 10.6 Å². The van der Waals surface area contributed by atoms with Crippen molar-refractivity contribution in [1.29, 1.82) is 0 Å². The number of likely N-dealkylation sites (tertiary alicyclic amines) is 1. The average molecular weight is 257 g/mol. The third-order valence-corrected chi connectivity index (χ3v) is 3.28. The van der Waals surface area contributed by atoms with E-state index in [1.54, 1.807) is 12.3 Å². The molecule has 0 spiro atoms. The number of rotatable bonds is 1. The standard InChI is InChI=1S/C15H19N3O/c1-15(2)7-9-18(11-15)14(19)13-6-5-12(10-17-13)4-3-8-16/h5-6,10H,7-9,11,16H2,1-2H3. The molecule has 100 valence electrons. The Bertz CT molecular complexity index is 523. The molecule has 1 aliphatic heterocycles. The summed E-state index contributed by atoms with van der Waals surface area (Å²) in [5, 5.41) is 0. The van der Waals surface area contributed by atoms with Crippen molar-refractivity contribution in [1.82, 2.24) is 9.88 Å². The minimum absolute atomic E-state index is 0.00362. The molecule has 0 aromatic carbocycles. The summed E-state index contributed by atoms with van der Waals surface area (Å²) in [4.78, 5) is 18.3. The van der Waals surface area contributed by atoms with Crippen molar-refractivity contribution >= 4 is 5.91 Å². The van der Waals surface area contributed by atoms with Gasteiger partial charge in [0.15, 0.2) is 0 Å². The second-order valence-electron chi connectivity index (χ2n) is 5.58. The van der Waals surface area contributed by atoms with Crippen LogP contribution in [0.2, 0.25) is 0 Å². The van der Waals surface area contributed by atoms with E-state index in [0.717, 1.165) is 25.1 Å². The summed E-state index contributed by atoms with van der Waals surface area (Å²) < 4.78 is 0. The van der Waals surface area contributed by atoms with Crippen molar-refractivity contribution in [3.8, 4) is 11.8 Å². The zero-order valence-corrected chi connectivity index (χ0v) is 11.4. The first-order valence-electron chi connectivity index (χ1n) is 6.46. The summed E-state index contributed by atoms with van der Waals surface area (Å²) in [6.07, 6.45) is 2.66. The van der Waals surface area contributed by atoms with Gasteiger partial charge in [-0.15, -0.1) is 0 Å². The van der Waals surface area contributed by atoms with Crippen LogP contribution in [0, 0.1) is 17.3 Å². The molecule has 0 unspecified atom stereocenters. The average Bonchev–Trinajstić information content (AvgIpc) is 2.76. The fourth-order valence-corrected chi connectivity index (χ4v) is 2.20. The van der Waals surface area contributed by atoms with E-state index in [2.05, 4.69) is 30.7 Å². The minimum Gasteiger partial charge on any atom is -0.337 e. The zero-order chi connectivity index (χ0) is 13.9. The normalized spacial score (nSPS) is 16.9. The fraction of sp³-hybridized carbons (Fsp3) is 0.467. The molecule has 0 atom stereocenters. The number of carbonyl (C=O) groups excluding carboxylic acids is 1. The van der Waals surface area contributed by atoms with Crippen molar-refractivity contribution in [2.45, 2.75) is 20.3 Å². The SMILES string of the molecule is CC1(C)CCN(C(=O)c2ccc(C#CCN)cn2)C1. The first kappa shape index (κ1) is 13.6. The smallest absolute Gasteiger partial charge is 0.272 e. The van der Waals surface area contributed by atoms with E-state index in [1.165, 1.54) is 0 Å². The summed E-state index contributed by atoms with van der Waals surface area (Å²) in [6, 6.07) is 3.54. The molecule has 0 bridgehead atoms. The lowest BCUT2D eigenvalue weighted by atomic mass is 9.93. The van der Waals surface area contributed by atoms with Crippen molar-refractivity contribution in [2.75, 3.05) is 19.6 Å². The Labute approximate surface area is 114 Å². The molecular formula is C15H19N3O. The van der Waals surface area contributed by atoms with Gasteiger partial charge >= 0.3 is 0 Å². The van der Waals surface area contributed by atoms with Crippen LogP contribution < -0.4 is 5.73 Å². The van der Waals surface area contributed by atoms with Crippen molar-refractivity contribution in [2.24, 2.45) is 11.1 Å². The van der Waals surface area contributed by atoms with Crippen LogP contribution in [-0.2, 0) is 0 Å². The van der Waals surface area contributed by atoms with Gasteiger partial charge in [0.2, 0.25) is 0 Å². The molecular weight excluding hydrogens is 238 g/mol. The summed E-state index contributed by atoms with van der Waals surface area (Å²) in [5.41, 5.74) is 6.78. The third kappa shape index (κ3) is 3.33. The van der Waals surface area contributed by atoms with E-state index in [4.69, 9.17) is 5.73 Å². The maximum absolute atomic E-state index is 12.3. The summed E-state index contributed by atoms with van der Waals surface area (Å²) in [6.45, 7) is 6.28. The lowest BCUT2D eigenvalue weighted by Gasteiger charge is -2.19. The molecule has 19 heavy (non-hydrogen) atoms. The van der Waals surface area contributed by atoms with Crippen molar-refractivity contribution in [3.05, 3.63) is 29.6 Å². The Morgan fingerprint density at radius 1 is 1.53 bits per heavy atom. The van der Waals surface area contributed by atoms with Crippen molar-refractivity contribution in [3.63, 3.8) is 0 Å². The van der Waals surface area contributed by atoms with Crippen LogP contribution in [0.25, 0.3) is 0 Å². The predicted octanol–water partition coefficient (Wildman–Crippen LogP) is 1.26. The van der Waals surface area contributed by atoms with Gasteiger partial charge in [-0.3, -0.25) is 4.79 Å². The van der Waals surface area contributed by atoms with Gasteiger partial charge in [0.05, 0.1) is 6.54 Å². The topological polar surface area (TPSA) is 59.2 Å². The van der Waals surface area contributed by atoms with Crippen LogP contribution in [0.1, 0.15) is 36.3 Å². The van der Waals surface area contributed by atoms with Crippen molar-refractivity contribution < 1.29 is 4.79 Å². The molecule has 0 aliphatic carbocycles. The minimum atomic E-state index is 0.00362. The lowest BCUT2D eigenvalue weighted by molar-refractivity contribution is 0.0772. The van der Waals surface area contributed by atoms with Crippen LogP contribution >= 0.6 is 0 Å². The highest BCUT2D eigenvalue weighted by molar-refractivity contribution is 5.92. The number of aromatic nitrogens is 1. The summed E-state index contributed by atoms with van der Waals surface area (Å²) in [7, 11) is 0. The van der Waals surface area contributed by atoms with Crippen LogP contribution in [-0.4, -0.2) is 35.4 Å². The zero-order valence-electron chi connectivity index (χ0n) is 11.4. The van der Waals surface area contributed by atoms with Gasteiger partial charge in [-0.2, -0.15) is 0 Å². The Balaban J connectivity index is 2.08. The molecule has 0 saturated carbocycles. The molecule has 4 nitrogen and oxygen atoms in total. The number of pyridine rings is 1. The number of nitrogens with two attached hydrogens (primary N) is 1. The predicted molar refractivity (Wildman–Crippen MR) is 74.5 cm³/mol. The highest BCUT2D eigenvalue weighted by Gasteiger charge is 2.32. The highest BCUT2D eigenvalue weighted by Crippen LogP contribution is 2.29. The molecule has 1 aliphatic rings.